The molecule has 1 saturated heterocycles. The maximum absolute atomic E-state index is 13.1. The molecule has 1 atom stereocenters. The smallest absolute Gasteiger partial charge is 0.263 e. The van der Waals surface area contributed by atoms with Gasteiger partial charge in [-0.15, -0.1) is 0 Å². The van der Waals surface area contributed by atoms with E-state index in [0.29, 0.717) is 24.9 Å². The first-order chi connectivity index (χ1) is 7.78. The van der Waals surface area contributed by atoms with Crippen LogP contribution in [-0.4, -0.2) is 29.8 Å². The molecule has 0 aromatic rings. The first kappa shape index (κ1) is 12.8. The second kappa shape index (κ2) is 3.92. The van der Waals surface area contributed by atoms with Gasteiger partial charge in [-0.2, -0.15) is 0 Å². The Morgan fingerprint density at radius 1 is 1.29 bits per heavy atom. The molecule has 0 radical (unpaired) electrons. The van der Waals surface area contributed by atoms with E-state index in [9.17, 15) is 13.6 Å². The van der Waals surface area contributed by atoms with Gasteiger partial charge in [-0.05, 0) is 31.6 Å². The Hall–Kier alpha value is -0.670. The van der Waals surface area contributed by atoms with Crippen molar-refractivity contribution in [3.8, 4) is 0 Å². The molecule has 2 nitrogen and oxygen atoms in total. The predicted molar refractivity (Wildman–Crippen MR) is 61.8 cm³/mol. The topological polar surface area (TPSA) is 20.3 Å². The van der Waals surface area contributed by atoms with Gasteiger partial charge in [0.2, 0.25) is 5.91 Å². The fourth-order valence-electron chi connectivity index (χ4n) is 2.75. The van der Waals surface area contributed by atoms with Crippen molar-refractivity contribution < 1.29 is 13.6 Å². The summed E-state index contributed by atoms with van der Waals surface area (Å²) in [6.45, 7) is 7.04. The first-order valence-electron chi connectivity index (χ1n) is 6.45. The molecule has 2 rings (SSSR count). The average Bonchev–Trinajstić information content (AvgIpc) is 2.78. The lowest BCUT2D eigenvalue weighted by molar-refractivity contribution is -0.141. The van der Waals surface area contributed by atoms with Gasteiger partial charge in [0.25, 0.3) is 5.92 Å². The Morgan fingerprint density at radius 3 is 2.12 bits per heavy atom. The molecule has 2 aliphatic rings. The molecule has 98 valence electrons. The minimum absolute atomic E-state index is 0.275. The van der Waals surface area contributed by atoms with Gasteiger partial charge in [-0.1, -0.05) is 13.8 Å². The number of carbonyl (C=O) groups is 1. The van der Waals surface area contributed by atoms with Crippen molar-refractivity contribution in [2.24, 2.45) is 17.3 Å². The second-order valence-electron chi connectivity index (χ2n) is 6.09. The van der Waals surface area contributed by atoms with E-state index in [1.165, 1.54) is 6.92 Å². The molecule has 0 aromatic heterocycles. The molecule has 17 heavy (non-hydrogen) atoms. The van der Waals surface area contributed by atoms with Crippen LogP contribution in [0.15, 0.2) is 0 Å². The van der Waals surface area contributed by atoms with E-state index in [0.717, 1.165) is 12.8 Å². The molecule has 0 bridgehead atoms. The summed E-state index contributed by atoms with van der Waals surface area (Å²) in [6.07, 6.45) is 1.62. The molecule has 1 saturated carbocycles. The fourth-order valence-corrected chi connectivity index (χ4v) is 2.75. The fraction of sp³-hybridized carbons (Fsp3) is 0.923. The van der Waals surface area contributed by atoms with E-state index in [1.807, 2.05) is 0 Å². The predicted octanol–water partition coefficient (Wildman–Crippen LogP) is 2.93. The van der Waals surface area contributed by atoms with Crippen LogP contribution in [0.25, 0.3) is 0 Å². The van der Waals surface area contributed by atoms with Crippen LogP contribution in [0.5, 0.6) is 0 Å². The molecule has 1 aliphatic carbocycles. The van der Waals surface area contributed by atoms with Gasteiger partial charge in [0.15, 0.2) is 0 Å². The molecular weight excluding hydrogens is 224 g/mol. The average molecular weight is 245 g/mol. The third-order valence-electron chi connectivity index (χ3n) is 4.50. The van der Waals surface area contributed by atoms with E-state index >= 15 is 0 Å². The maximum Gasteiger partial charge on any atom is 0.263 e. The minimum Gasteiger partial charge on any atom is -0.342 e. The standard InChI is InChI=1S/C13H21F2NO/c1-9(2)10-4-6-16(7-5-10)11(17)12(3)8-13(12,14)15/h9-10H,4-8H2,1-3H3. The molecule has 1 unspecified atom stereocenters. The van der Waals surface area contributed by atoms with Crippen molar-refractivity contribution in [1.29, 1.82) is 0 Å². The highest BCUT2D eigenvalue weighted by atomic mass is 19.3. The lowest BCUT2D eigenvalue weighted by Gasteiger charge is -2.35. The zero-order valence-corrected chi connectivity index (χ0v) is 10.8. The van der Waals surface area contributed by atoms with Gasteiger partial charge < -0.3 is 4.90 Å². The Morgan fingerprint density at radius 2 is 1.76 bits per heavy atom. The van der Waals surface area contributed by atoms with Crippen molar-refractivity contribution in [2.45, 2.75) is 46.0 Å². The van der Waals surface area contributed by atoms with Gasteiger partial charge in [-0.3, -0.25) is 4.79 Å². The highest BCUT2D eigenvalue weighted by Crippen LogP contribution is 2.61. The summed E-state index contributed by atoms with van der Waals surface area (Å²) >= 11 is 0. The van der Waals surface area contributed by atoms with Crippen molar-refractivity contribution in [3.63, 3.8) is 0 Å². The van der Waals surface area contributed by atoms with Crippen molar-refractivity contribution in [2.75, 3.05) is 13.1 Å². The Labute approximate surface area is 101 Å². The summed E-state index contributed by atoms with van der Waals surface area (Å²) < 4.78 is 26.3. The molecule has 1 aliphatic heterocycles. The lowest BCUT2D eigenvalue weighted by atomic mass is 9.86. The van der Waals surface area contributed by atoms with Crippen LogP contribution in [-0.2, 0) is 4.79 Å². The summed E-state index contributed by atoms with van der Waals surface area (Å²) in [5.41, 5.74) is -1.41. The van der Waals surface area contributed by atoms with Gasteiger partial charge >= 0.3 is 0 Å². The SMILES string of the molecule is CC(C)C1CCN(C(=O)C2(C)CC2(F)F)CC1. The molecule has 0 N–H and O–H groups in total. The molecule has 0 aromatic carbocycles. The van der Waals surface area contributed by atoms with Crippen LogP contribution in [0.4, 0.5) is 8.78 Å². The van der Waals surface area contributed by atoms with Gasteiger partial charge in [0.05, 0.1) is 0 Å². The Balaban J connectivity index is 1.92. The number of alkyl halides is 2. The van der Waals surface area contributed by atoms with Crippen LogP contribution in [0.3, 0.4) is 0 Å². The quantitative estimate of drug-likeness (QED) is 0.732. The number of nitrogens with zero attached hydrogens (tertiary/aromatic N) is 1. The van der Waals surface area contributed by atoms with E-state index in [-0.39, 0.29) is 12.3 Å². The summed E-state index contributed by atoms with van der Waals surface area (Å²) in [4.78, 5) is 13.7. The van der Waals surface area contributed by atoms with Crippen LogP contribution in [0.1, 0.15) is 40.0 Å². The third kappa shape index (κ3) is 2.06. The lowest BCUT2D eigenvalue weighted by Crippen LogP contribution is -2.44. The van der Waals surface area contributed by atoms with Crippen LogP contribution >= 0.6 is 0 Å². The van der Waals surface area contributed by atoms with E-state index in [4.69, 9.17) is 0 Å². The number of likely N-dealkylation sites (tertiary alicyclic amines) is 1. The normalized spacial score (nSPS) is 32.9. The Bertz CT molecular complexity index is 321. The maximum atomic E-state index is 13.1. The third-order valence-corrected chi connectivity index (χ3v) is 4.50. The Kier molecular flexibility index (Phi) is 2.95. The number of piperidine rings is 1. The minimum atomic E-state index is -2.78. The van der Waals surface area contributed by atoms with Gasteiger partial charge in [0, 0.05) is 19.5 Å². The highest BCUT2D eigenvalue weighted by molar-refractivity contribution is 5.87. The first-order valence-corrected chi connectivity index (χ1v) is 6.45. The number of amides is 1. The van der Waals surface area contributed by atoms with Gasteiger partial charge in [-0.25, -0.2) is 8.78 Å². The monoisotopic (exact) mass is 245 g/mol. The summed E-state index contributed by atoms with van der Waals surface area (Å²) in [6, 6.07) is 0. The molecule has 1 heterocycles. The number of rotatable bonds is 2. The largest absolute Gasteiger partial charge is 0.342 e. The van der Waals surface area contributed by atoms with Crippen LogP contribution in [0, 0.1) is 17.3 Å². The second-order valence-corrected chi connectivity index (χ2v) is 6.09. The van der Waals surface area contributed by atoms with E-state index in [1.54, 1.807) is 4.90 Å². The molecule has 0 spiro atoms. The molecule has 4 heteroatoms. The number of carbonyl (C=O) groups excluding carboxylic acids is 1. The molecule has 2 fully saturated rings. The van der Waals surface area contributed by atoms with Crippen molar-refractivity contribution in [3.05, 3.63) is 0 Å². The molecule has 1 amide bonds. The molecular formula is C13H21F2NO. The highest BCUT2D eigenvalue weighted by Gasteiger charge is 2.73. The van der Waals surface area contributed by atoms with Crippen molar-refractivity contribution in [1.82, 2.24) is 4.90 Å². The summed E-state index contributed by atoms with van der Waals surface area (Å²) in [5.74, 6) is -1.87. The number of hydrogen-bond donors (Lipinski definition) is 0. The summed E-state index contributed by atoms with van der Waals surface area (Å²) in [5, 5.41) is 0. The van der Waals surface area contributed by atoms with E-state index in [2.05, 4.69) is 13.8 Å². The zero-order valence-electron chi connectivity index (χ0n) is 10.8. The summed E-state index contributed by atoms with van der Waals surface area (Å²) in [7, 11) is 0. The number of halogens is 2. The van der Waals surface area contributed by atoms with Crippen LogP contribution in [0.2, 0.25) is 0 Å². The van der Waals surface area contributed by atoms with Crippen molar-refractivity contribution >= 4 is 5.91 Å². The zero-order chi connectivity index (χ0) is 12.8. The number of hydrogen-bond acceptors (Lipinski definition) is 1. The van der Waals surface area contributed by atoms with Crippen LogP contribution < -0.4 is 0 Å². The van der Waals surface area contributed by atoms with E-state index < -0.39 is 11.3 Å². The van der Waals surface area contributed by atoms with Gasteiger partial charge in [0.1, 0.15) is 5.41 Å².